The van der Waals surface area contributed by atoms with E-state index in [1.807, 2.05) is 43.3 Å². The summed E-state index contributed by atoms with van der Waals surface area (Å²) in [6.45, 7) is 2.56. The zero-order valence-corrected chi connectivity index (χ0v) is 13.6. The second kappa shape index (κ2) is 7.17. The van der Waals surface area contributed by atoms with Crippen molar-refractivity contribution in [2.45, 2.75) is 26.2 Å². The number of hydrogen-bond acceptors (Lipinski definition) is 3. The molecule has 1 aliphatic rings. The maximum atomic E-state index is 12.2. The molecule has 0 saturated carbocycles. The molecule has 2 N–H and O–H groups in total. The minimum atomic E-state index is -0.0704. The standard InChI is InChI=1S/C19H20N2O3/c1-2-24-16-7-3-13(4-8-16)11-19(23)20-15-6-9-17-14(12-15)5-10-18(22)21-17/h3-4,6-9,12H,2,5,10-11H2,1H3,(H,20,23)(H,21,22). The van der Waals surface area contributed by atoms with E-state index in [-0.39, 0.29) is 11.8 Å². The molecule has 0 saturated heterocycles. The van der Waals surface area contributed by atoms with Crippen LogP contribution in [0, 0.1) is 0 Å². The molecule has 24 heavy (non-hydrogen) atoms. The molecular formula is C19H20N2O3. The lowest BCUT2D eigenvalue weighted by Crippen LogP contribution is -2.19. The zero-order valence-electron chi connectivity index (χ0n) is 13.6. The van der Waals surface area contributed by atoms with E-state index in [0.29, 0.717) is 25.9 Å². The number of nitrogens with one attached hydrogen (secondary N) is 2. The molecule has 0 atom stereocenters. The maximum Gasteiger partial charge on any atom is 0.228 e. The van der Waals surface area contributed by atoms with Crippen LogP contribution in [0.2, 0.25) is 0 Å². The Labute approximate surface area is 141 Å². The van der Waals surface area contributed by atoms with Gasteiger partial charge in [0.15, 0.2) is 0 Å². The van der Waals surface area contributed by atoms with E-state index in [1.165, 1.54) is 0 Å². The van der Waals surface area contributed by atoms with E-state index >= 15 is 0 Å². The van der Waals surface area contributed by atoms with Gasteiger partial charge in [-0.25, -0.2) is 0 Å². The third kappa shape index (κ3) is 3.93. The third-order valence-corrected chi connectivity index (χ3v) is 3.88. The Bertz CT molecular complexity index is 754. The lowest BCUT2D eigenvalue weighted by Gasteiger charge is -2.17. The minimum Gasteiger partial charge on any atom is -0.494 e. The first kappa shape index (κ1) is 16.1. The largest absolute Gasteiger partial charge is 0.494 e. The Morgan fingerprint density at radius 3 is 2.71 bits per heavy atom. The molecule has 1 aliphatic heterocycles. The molecule has 0 bridgehead atoms. The summed E-state index contributed by atoms with van der Waals surface area (Å²) in [4.78, 5) is 23.6. The van der Waals surface area contributed by atoms with Crippen LogP contribution in [0.25, 0.3) is 0 Å². The van der Waals surface area contributed by atoms with Crippen molar-refractivity contribution < 1.29 is 14.3 Å². The van der Waals surface area contributed by atoms with Gasteiger partial charge >= 0.3 is 0 Å². The molecule has 2 amide bonds. The number of aryl methyl sites for hydroxylation is 1. The van der Waals surface area contributed by atoms with E-state index in [4.69, 9.17) is 4.74 Å². The van der Waals surface area contributed by atoms with E-state index in [1.54, 1.807) is 6.07 Å². The van der Waals surface area contributed by atoms with Gasteiger partial charge in [-0.05, 0) is 54.8 Å². The molecule has 124 valence electrons. The topological polar surface area (TPSA) is 67.4 Å². The van der Waals surface area contributed by atoms with Crippen molar-refractivity contribution >= 4 is 23.2 Å². The number of carbonyl (C=O) groups is 2. The monoisotopic (exact) mass is 324 g/mol. The molecule has 2 aromatic carbocycles. The molecule has 0 spiro atoms. The number of benzene rings is 2. The molecule has 0 fully saturated rings. The van der Waals surface area contributed by atoms with Crippen molar-refractivity contribution in [3.05, 3.63) is 53.6 Å². The van der Waals surface area contributed by atoms with Gasteiger partial charge in [-0.3, -0.25) is 9.59 Å². The summed E-state index contributed by atoms with van der Waals surface area (Å²) >= 11 is 0. The van der Waals surface area contributed by atoms with Gasteiger partial charge in [0.05, 0.1) is 13.0 Å². The predicted molar refractivity (Wildman–Crippen MR) is 93.3 cm³/mol. The van der Waals surface area contributed by atoms with Crippen LogP contribution >= 0.6 is 0 Å². The Morgan fingerprint density at radius 2 is 1.96 bits per heavy atom. The molecule has 0 unspecified atom stereocenters. The van der Waals surface area contributed by atoms with Crippen molar-refractivity contribution in [3.8, 4) is 5.75 Å². The average Bonchev–Trinajstić information content (AvgIpc) is 2.57. The van der Waals surface area contributed by atoms with Crippen molar-refractivity contribution in [1.29, 1.82) is 0 Å². The maximum absolute atomic E-state index is 12.2. The number of fused-ring (bicyclic) bond motifs is 1. The second-order valence-corrected chi connectivity index (χ2v) is 5.72. The molecule has 5 heteroatoms. The van der Waals surface area contributed by atoms with Gasteiger partial charge < -0.3 is 15.4 Å². The number of amides is 2. The first-order valence-corrected chi connectivity index (χ1v) is 8.08. The van der Waals surface area contributed by atoms with E-state index in [9.17, 15) is 9.59 Å². The van der Waals surface area contributed by atoms with E-state index in [2.05, 4.69) is 10.6 Å². The van der Waals surface area contributed by atoms with Gasteiger partial charge in [-0.2, -0.15) is 0 Å². The fourth-order valence-corrected chi connectivity index (χ4v) is 2.72. The van der Waals surface area contributed by atoms with Gasteiger partial charge in [0.2, 0.25) is 11.8 Å². The lowest BCUT2D eigenvalue weighted by molar-refractivity contribution is -0.117. The van der Waals surface area contributed by atoms with Crippen LogP contribution in [-0.4, -0.2) is 18.4 Å². The van der Waals surface area contributed by atoms with Crippen LogP contribution in [0.4, 0.5) is 11.4 Å². The van der Waals surface area contributed by atoms with Crippen LogP contribution in [-0.2, 0) is 22.4 Å². The van der Waals surface area contributed by atoms with Gasteiger partial charge in [0.1, 0.15) is 5.75 Å². The fraction of sp³-hybridized carbons (Fsp3) is 0.263. The summed E-state index contributed by atoms with van der Waals surface area (Å²) in [5.41, 5.74) is 3.56. The van der Waals surface area contributed by atoms with Crippen molar-refractivity contribution in [1.82, 2.24) is 0 Å². The number of carbonyl (C=O) groups excluding carboxylic acids is 2. The highest BCUT2D eigenvalue weighted by atomic mass is 16.5. The quantitative estimate of drug-likeness (QED) is 0.888. The Kier molecular flexibility index (Phi) is 4.79. The molecule has 1 heterocycles. The van der Waals surface area contributed by atoms with Crippen LogP contribution in [0.15, 0.2) is 42.5 Å². The smallest absolute Gasteiger partial charge is 0.228 e. The first-order valence-electron chi connectivity index (χ1n) is 8.08. The van der Waals surface area contributed by atoms with Gasteiger partial charge in [0.25, 0.3) is 0 Å². The summed E-state index contributed by atoms with van der Waals surface area (Å²) in [7, 11) is 0. The highest BCUT2D eigenvalue weighted by Gasteiger charge is 2.15. The summed E-state index contributed by atoms with van der Waals surface area (Å²) < 4.78 is 5.39. The van der Waals surface area contributed by atoms with Gasteiger partial charge in [0, 0.05) is 17.8 Å². The summed E-state index contributed by atoms with van der Waals surface area (Å²) in [6, 6.07) is 13.1. The highest BCUT2D eigenvalue weighted by Crippen LogP contribution is 2.25. The minimum absolute atomic E-state index is 0.0368. The molecule has 0 aliphatic carbocycles. The van der Waals surface area contributed by atoms with Crippen LogP contribution < -0.4 is 15.4 Å². The number of hydrogen-bond donors (Lipinski definition) is 2. The number of ether oxygens (including phenoxy) is 1. The summed E-state index contributed by atoms with van der Waals surface area (Å²) in [5.74, 6) is 0.770. The van der Waals surface area contributed by atoms with Crippen molar-refractivity contribution in [3.63, 3.8) is 0 Å². The van der Waals surface area contributed by atoms with Crippen molar-refractivity contribution in [2.24, 2.45) is 0 Å². The Morgan fingerprint density at radius 1 is 1.17 bits per heavy atom. The predicted octanol–water partition coefficient (Wildman–Crippen LogP) is 3.15. The molecule has 2 aromatic rings. The highest BCUT2D eigenvalue weighted by molar-refractivity contribution is 5.96. The third-order valence-electron chi connectivity index (χ3n) is 3.88. The molecule has 3 rings (SSSR count). The molecule has 5 nitrogen and oxygen atoms in total. The SMILES string of the molecule is CCOc1ccc(CC(=O)Nc2ccc3c(c2)CCC(=O)N3)cc1. The average molecular weight is 324 g/mol. The Balaban J connectivity index is 1.61. The normalized spacial score (nSPS) is 13.0. The molecule has 0 radical (unpaired) electrons. The fourth-order valence-electron chi connectivity index (χ4n) is 2.72. The van der Waals surface area contributed by atoms with Crippen LogP contribution in [0.3, 0.4) is 0 Å². The summed E-state index contributed by atoms with van der Waals surface area (Å²) in [6.07, 6.45) is 1.49. The van der Waals surface area contributed by atoms with E-state index < -0.39 is 0 Å². The van der Waals surface area contributed by atoms with Crippen LogP contribution in [0.1, 0.15) is 24.5 Å². The van der Waals surface area contributed by atoms with Crippen LogP contribution in [0.5, 0.6) is 5.75 Å². The zero-order chi connectivity index (χ0) is 16.9. The first-order chi connectivity index (χ1) is 11.6. The van der Waals surface area contributed by atoms with Gasteiger partial charge in [-0.15, -0.1) is 0 Å². The number of rotatable bonds is 5. The van der Waals surface area contributed by atoms with E-state index in [0.717, 1.165) is 28.3 Å². The number of anilines is 2. The van der Waals surface area contributed by atoms with Crippen molar-refractivity contribution in [2.75, 3.05) is 17.2 Å². The second-order valence-electron chi connectivity index (χ2n) is 5.72. The lowest BCUT2D eigenvalue weighted by atomic mass is 10.0. The molecule has 0 aromatic heterocycles. The Hall–Kier alpha value is -2.82. The summed E-state index contributed by atoms with van der Waals surface area (Å²) in [5, 5.41) is 5.74. The van der Waals surface area contributed by atoms with Gasteiger partial charge in [-0.1, -0.05) is 12.1 Å². The molecular weight excluding hydrogens is 304 g/mol.